The van der Waals surface area contributed by atoms with E-state index in [-0.39, 0.29) is 30.4 Å². The van der Waals surface area contributed by atoms with Crippen molar-refractivity contribution in [2.75, 3.05) is 13.1 Å². The summed E-state index contributed by atoms with van der Waals surface area (Å²) in [5, 5.41) is 0. The molecule has 1 aliphatic rings. The van der Waals surface area contributed by atoms with Gasteiger partial charge in [-0.15, -0.1) is 0 Å². The van der Waals surface area contributed by atoms with Crippen LogP contribution in [0.4, 0.5) is 4.79 Å². The Balaban J connectivity index is 0.00000213. The average molecular weight is 639 g/mol. The van der Waals surface area contributed by atoms with Crippen LogP contribution in [0.5, 0.6) is 17.5 Å². The van der Waals surface area contributed by atoms with Crippen molar-refractivity contribution in [3.63, 3.8) is 0 Å². The minimum atomic E-state index is -0.569. The van der Waals surface area contributed by atoms with E-state index in [4.69, 9.17) is 18.9 Å². The maximum atomic E-state index is 13.8. The molecule has 1 amide bonds. The van der Waals surface area contributed by atoms with E-state index in [0.29, 0.717) is 48.0 Å². The van der Waals surface area contributed by atoms with Gasteiger partial charge < -0.3 is 23.8 Å². The summed E-state index contributed by atoms with van der Waals surface area (Å²) >= 11 is 0. The fraction of sp³-hybridized carbons (Fsp3) is 0.324. The summed E-state index contributed by atoms with van der Waals surface area (Å²) in [6.45, 7) is 10.9. The number of para-hydroxylation sites is 1. The van der Waals surface area contributed by atoms with Gasteiger partial charge in [-0.3, -0.25) is 9.13 Å². The quantitative estimate of drug-likeness (QED) is 0.173. The molecular weight excluding hydrogens is 596 g/mol. The van der Waals surface area contributed by atoms with Gasteiger partial charge in [0.2, 0.25) is 11.8 Å². The number of nitrogens with zero attached hydrogens (tertiary/aromatic N) is 4. The second-order valence-electron chi connectivity index (χ2n) is 11.9. The van der Waals surface area contributed by atoms with Gasteiger partial charge in [-0.25, -0.2) is 9.59 Å². The van der Waals surface area contributed by atoms with Crippen molar-refractivity contribution in [2.24, 2.45) is 7.05 Å². The molecule has 0 radical (unpaired) electrons. The number of ether oxygens (including phenoxy) is 4. The van der Waals surface area contributed by atoms with E-state index in [1.807, 2.05) is 113 Å². The first-order chi connectivity index (χ1) is 22.7. The van der Waals surface area contributed by atoms with E-state index < -0.39 is 5.60 Å². The number of imidazole rings is 1. The first kappa shape index (κ1) is 33.1. The number of benzene rings is 3. The highest BCUT2D eigenvalue weighted by molar-refractivity contribution is 5.84. The first-order valence-electron chi connectivity index (χ1n) is 15.9. The number of likely N-dealkylation sites (tertiary alicyclic amines) is 1. The third-order valence-corrected chi connectivity index (χ3v) is 7.33. The summed E-state index contributed by atoms with van der Waals surface area (Å²) in [5.74, 6) is 1.18. The normalized spacial score (nSPS) is 12.9. The van der Waals surface area contributed by atoms with Gasteiger partial charge >= 0.3 is 11.8 Å². The molecule has 5 aromatic rings. The molecule has 1 fully saturated rings. The molecular formula is C37H42N4O6. The molecule has 1 saturated heterocycles. The molecule has 0 bridgehead atoms. The smallest absolute Gasteiger partial charge is 0.410 e. The van der Waals surface area contributed by atoms with Gasteiger partial charge in [0.15, 0.2) is 0 Å². The zero-order valence-electron chi connectivity index (χ0n) is 27.8. The van der Waals surface area contributed by atoms with Crippen LogP contribution in [-0.4, -0.2) is 49.9 Å². The van der Waals surface area contributed by atoms with Crippen molar-refractivity contribution >= 4 is 17.1 Å². The zero-order chi connectivity index (χ0) is 33.6. The second kappa shape index (κ2) is 14.5. The van der Waals surface area contributed by atoms with E-state index >= 15 is 0 Å². The van der Waals surface area contributed by atoms with E-state index in [9.17, 15) is 9.59 Å². The van der Waals surface area contributed by atoms with E-state index in [1.165, 1.54) is 0 Å². The molecule has 246 valence electrons. The first-order valence-corrected chi connectivity index (χ1v) is 15.9. The highest BCUT2D eigenvalue weighted by Crippen LogP contribution is 2.32. The van der Waals surface area contributed by atoms with Crippen LogP contribution in [0.2, 0.25) is 0 Å². The molecule has 1 aliphatic heterocycles. The Hall–Kier alpha value is -5.25. The van der Waals surface area contributed by atoms with Crippen LogP contribution in [0.25, 0.3) is 16.7 Å². The molecule has 3 heterocycles. The monoisotopic (exact) mass is 638 g/mol. The highest BCUT2D eigenvalue weighted by atomic mass is 16.6. The lowest BCUT2D eigenvalue weighted by Crippen LogP contribution is -2.57. The summed E-state index contributed by atoms with van der Waals surface area (Å²) in [6.07, 6.45) is -0.597. The molecule has 10 heteroatoms. The lowest BCUT2D eigenvalue weighted by atomic mass is 10.1. The van der Waals surface area contributed by atoms with E-state index in [1.54, 1.807) is 33.2 Å². The molecule has 0 N–H and O–H groups in total. The number of fused-ring (bicyclic) bond motifs is 1. The molecule has 0 aliphatic carbocycles. The summed E-state index contributed by atoms with van der Waals surface area (Å²) < 4.78 is 27.1. The highest BCUT2D eigenvalue weighted by Gasteiger charge is 2.35. The summed E-state index contributed by atoms with van der Waals surface area (Å²) in [6, 6.07) is 28.6. The number of hydrogen-bond donors (Lipinski definition) is 0. The van der Waals surface area contributed by atoms with Crippen LogP contribution in [-0.2, 0) is 25.0 Å². The Morgan fingerprint density at radius 3 is 2.06 bits per heavy atom. The summed E-state index contributed by atoms with van der Waals surface area (Å²) in [5.41, 5.74) is 2.85. The lowest BCUT2D eigenvalue weighted by Gasteiger charge is -2.39. The predicted octanol–water partition coefficient (Wildman–Crippen LogP) is 6.91. The Morgan fingerprint density at radius 2 is 1.45 bits per heavy atom. The van der Waals surface area contributed by atoms with Crippen molar-refractivity contribution in [1.82, 2.24) is 19.0 Å². The van der Waals surface area contributed by atoms with Crippen LogP contribution < -0.4 is 19.9 Å². The summed E-state index contributed by atoms with van der Waals surface area (Å²) in [7, 11) is 1.71. The van der Waals surface area contributed by atoms with Crippen LogP contribution in [0.3, 0.4) is 0 Å². The van der Waals surface area contributed by atoms with Gasteiger partial charge in [0.25, 0.3) is 0 Å². The molecule has 10 nitrogen and oxygen atoms in total. The van der Waals surface area contributed by atoms with Crippen LogP contribution in [0, 0.1) is 0 Å². The van der Waals surface area contributed by atoms with Gasteiger partial charge in [0, 0.05) is 13.1 Å². The number of carbonyl (C=O) groups is 1. The molecule has 6 rings (SSSR count). The number of aryl methyl sites for hydroxylation is 1. The van der Waals surface area contributed by atoms with Crippen molar-refractivity contribution < 1.29 is 23.7 Å². The van der Waals surface area contributed by atoms with Gasteiger partial charge in [0.1, 0.15) is 41.9 Å². The lowest BCUT2D eigenvalue weighted by molar-refractivity contribution is -0.0218. The number of amides is 1. The minimum absolute atomic E-state index is 0.228. The van der Waals surface area contributed by atoms with Gasteiger partial charge in [-0.05, 0) is 50.1 Å². The fourth-order valence-corrected chi connectivity index (χ4v) is 5.10. The minimum Gasteiger partial charge on any atom is -0.484 e. The van der Waals surface area contributed by atoms with Gasteiger partial charge in [-0.2, -0.15) is 4.98 Å². The van der Waals surface area contributed by atoms with Gasteiger partial charge in [0.05, 0.1) is 18.6 Å². The second-order valence-corrected chi connectivity index (χ2v) is 11.9. The molecule has 0 spiro atoms. The van der Waals surface area contributed by atoms with Crippen molar-refractivity contribution in [2.45, 2.75) is 59.5 Å². The Labute approximate surface area is 275 Å². The van der Waals surface area contributed by atoms with E-state index in [2.05, 4.69) is 4.98 Å². The van der Waals surface area contributed by atoms with Crippen molar-refractivity contribution in [3.8, 4) is 23.2 Å². The predicted molar refractivity (Wildman–Crippen MR) is 181 cm³/mol. The maximum Gasteiger partial charge on any atom is 0.410 e. The van der Waals surface area contributed by atoms with Crippen molar-refractivity contribution in [3.05, 3.63) is 113 Å². The van der Waals surface area contributed by atoms with Crippen LogP contribution in [0.15, 0.2) is 95.8 Å². The van der Waals surface area contributed by atoms with Crippen LogP contribution in [0.1, 0.15) is 45.7 Å². The Bertz CT molecular complexity index is 1860. The van der Waals surface area contributed by atoms with Crippen molar-refractivity contribution in [1.29, 1.82) is 0 Å². The average Bonchev–Trinajstić information content (AvgIpc) is 3.31. The molecule has 3 aromatic carbocycles. The molecule has 0 saturated carbocycles. The maximum absolute atomic E-state index is 13.8. The third-order valence-electron chi connectivity index (χ3n) is 7.33. The zero-order valence-corrected chi connectivity index (χ0v) is 27.8. The largest absolute Gasteiger partial charge is 0.484 e. The number of carbonyl (C=O) groups excluding carboxylic acids is 1. The fourth-order valence-electron chi connectivity index (χ4n) is 5.10. The number of hydrogen-bond acceptors (Lipinski definition) is 7. The number of pyridine rings is 1. The van der Waals surface area contributed by atoms with E-state index in [0.717, 1.165) is 11.1 Å². The number of rotatable bonds is 9. The molecule has 0 atom stereocenters. The molecule has 47 heavy (non-hydrogen) atoms. The SMILES string of the molecule is CC.Cn1c(=O)n(-c2ccc(OCc3ccccc3)nc2OCc2ccccc2)c2cccc(OC3CN(C(=O)OC(C)(C)C)C3)c21. The molecule has 0 unspecified atom stereocenters. The standard InChI is InChI=1S/C35H36N4O6.C2H6/c1-35(2,3)45-34(41)38-20-26(21-38)44-29-17-11-16-27-31(29)37(4)33(40)39(27)28-18-19-30(42-22-24-12-7-5-8-13-24)36-32(28)43-23-25-14-9-6-10-15-25;1-2/h5-19,26H,20-23H2,1-4H3;1-2H3. The summed E-state index contributed by atoms with van der Waals surface area (Å²) in [4.78, 5) is 32.5. The Kier molecular flexibility index (Phi) is 10.2. The number of aromatic nitrogens is 3. The molecule has 2 aromatic heterocycles. The Morgan fingerprint density at radius 1 is 0.830 bits per heavy atom. The van der Waals surface area contributed by atoms with Gasteiger partial charge in [-0.1, -0.05) is 80.6 Å². The topological polar surface area (TPSA) is 97.0 Å². The third kappa shape index (κ3) is 7.77. The van der Waals surface area contributed by atoms with Crippen LogP contribution >= 0.6 is 0 Å².